The van der Waals surface area contributed by atoms with Gasteiger partial charge >= 0.3 is 5.97 Å². The zero-order valence-electron chi connectivity index (χ0n) is 11.9. The first-order valence-electron chi connectivity index (χ1n) is 6.59. The van der Waals surface area contributed by atoms with E-state index in [1.807, 2.05) is 36.6 Å². The van der Waals surface area contributed by atoms with Gasteiger partial charge < -0.3 is 9.67 Å². The minimum atomic E-state index is -0.916. The lowest BCUT2D eigenvalue weighted by atomic mass is 10.1. The lowest BCUT2D eigenvalue weighted by Crippen LogP contribution is -2.15. The number of benzene rings is 1. The number of aryl methyl sites for hydroxylation is 3. The lowest BCUT2D eigenvalue weighted by Gasteiger charge is -2.15. The highest BCUT2D eigenvalue weighted by Crippen LogP contribution is 2.21. The Morgan fingerprint density at radius 1 is 1.29 bits per heavy atom. The van der Waals surface area contributed by atoms with Crippen molar-refractivity contribution in [3.63, 3.8) is 0 Å². The molecule has 1 N–H and O–H groups in total. The van der Waals surface area contributed by atoms with Crippen LogP contribution >= 0.6 is 11.6 Å². The Balaban J connectivity index is 2.53. The van der Waals surface area contributed by atoms with Crippen molar-refractivity contribution < 1.29 is 9.90 Å². The summed E-state index contributed by atoms with van der Waals surface area (Å²) in [7, 11) is 0. The molecule has 0 spiro atoms. The Morgan fingerprint density at radius 3 is 2.67 bits per heavy atom. The molecule has 2 aromatic rings. The molecule has 0 aliphatic carbocycles. The fourth-order valence-electron chi connectivity index (χ4n) is 2.20. The molecule has 1 heterocycles. The molecule has 4 nitrogen and oxygen atoms in total. The average Bonchev–Trinajstić information content (AvgIpc) is 2.41. The number of aromatic nitrogens is 1. The number of aliphatic carboxylic acids is 1. The van der Waals surface area contributed by atoms with E-state index in [0.717, 1.165) is 16.9 Å². The molecule has 21 heavy (non-hydrogen) atoms. The number of rotatable bonds is 4. The highest BCUT2D eigenvalue weighted by molar-refractivity contribution is 6.30. The molecule has 0 fully saturated rings. The number of nitrogens with zero attached hydrogens (tertiary/aromatic N) is 1. The third-order valence-corrected chi connectivity index (χ3v) is 3.60. The SMILES string of the molecule is Cc1ccc(Cl)cc1-n1cc(CCC(=O)O)c(=O)cc1C. The summed E-state index contributed by atoms with van der Waals surface area (Å²) >= 11 is 6.04. The maximum atomic E-state index is 12.0. The van der Waals surface area contributed by atoms with E-state index in [0.29, 0.717) is 10.6 Å². The molecular formula is C16H16ClNO3. The number of halogens is 1. The monoisotopic (exact) mass is 305 g/mol. The summed E-state index contributed by atoms with van der Waals surface area (Å²) in [6, 6.07) is 7.07. The second-order valence-corrected chi connectivity index (χ2v) is 5.44. The van der Waals surface area contributed by atoms with Crippen molar-refractivity contribution in [2.45, 2.75) is 26.7 Å². The van der Waals surface area contributed by atoms with Gasteiger partial charge in [0.15, 0.2) is 5.43 Å². The second kappa shape index (κ2) is 6.14. The van der Waals surface area contributed by atoms with Gasteiger partial charge in [0.05, 0.1) is 0 Å². The highest BCUT2D eigenvalue weighted by Gasteiger charge is 2.09. The van der Waals surface area contributed by atoms with Crippen LogP contribution in [0.1, 0.15) is 23.2 Å². The minimum Gasteiger partial charge on any atom is -0.481 e. The average molecular weight is 306 g/mol. The molecule has 0 saturated carbocycles. The first kappa shape index (κ1) is 15.3. The lowest BCUT2D eigenvalue weighted by molar-refractivity contribution is -0.136. The van der Waals surface area contributed by atoms with E-state index in [1.165, 1.54) is 6.07 Å². The van der Waals surface area contributed by atoms with E-state index >= 15 is 0 Å². The summed E-state index contributed by atoms with van der Waals surface area (Å²) in [4.78, 5) is 22.6. The van der Waals surface area contributed by atoms with Crippen molar-refractivity contribution in [3.05, 3.63) is 62.5 Å². The van der Waals surface area contributed by atoms with E-state index < -0.39 is 5.97 Å². The minimum absolute atomic E-state index is 0.0627. The van der Waals surface area contributed by atoms with Gasteiger partial charge in [-0.2, -0.15) is 0 Å². The molecule has 1 aromatic carbocycles. The molecule has 0 radical (unpaired) electrons. The molecule has 2 rings (SSSR count). The topological polar surface area (TPSA) is 59.3 Å². The third kappa shape index (κ3) is 3.52. The van der Waals surface area contributed by atoms with Gasteiger partial charge in [-0.05, 0) is 38.0 Å². The van der Waals surface area contributed by atoms with Crippen LogP contribution in [0, 0.1) is 13.8 Å². The number of carboxylic acid groups (broad SMARTS) is 1. The van der Waals surface area contributed by atoms with E-state index in [9.17, 15) is 9.59 Å². The maximum absolute atomic E-state index is 12.0. The highest BCUT2D eigenvalue weighted by atomic mass is 35.5. The van der Waals surface area contributed by atoms with Gasteiger partial charge in [0.2, 0.25) is 0 Å². The first-order valence-corrected chi connectivity index (χ1v) is 6.97. The van der Waals surface area contributed by atoms with Gasteiger partial charge in [-0.1, -0.05) is 17.7 Å². The molecule has 0 aliphatic rings. The summed E-state index contributed by atoms with van der Waals surface area (Å²) in [6.07, 6.45) is 1.86. The van der Waals surface area contributed by atoms with E-state index in [2.05, 4.69) is 0 Å². The van der Waals surface area contributed by atoms with Gasteiger partial charge in [-0.15, -0.1) is 0 Å². The van der Waals surface area contributed by atoms with Crippen LogP contribution in [0.15, 0.2) is 35.3 Å². The Kier molecular flexibility index (Phi) is 4.48. The van der Waals surface area contributed by atoms with Gasteiger partial charge in [-0.3, -0.25) is 9.59 Å². The molecule has 0 bridgehead atoms. The van der Waals surface area contributed by atoms with Crippen molar-refractivity contribution in [2.24, 2.45) is 0 Å². The predicted molar refractivity (Wildman–Crippen MR) is 82.5 cm³/mol. The fraction of sp³-hybridized carbons (Fsp3) is 0.250. The summed E-state index contributed by atoms with van der Waals surface area (Å²) in [5.41, 5.74) is 3.04. The quantitative estimate of drug-likeness (QED) is 0.944. The van der Waals surface area contributed by atoms with Crippen LogP contribution in [0.25, 0.3) is 5.69 Å². The van der Waals surface area contributed by atoms with Gasteiger partial charge in [-0.25, -0.2) is 0 Å². The largest absolute Gasteiger partial charge is 0.481 e. The van der Waals surface area contributed by atoms with E-state index in [1.54, 1.807) is 6.20 Å². The van der Waals surface area contributed by atoms with Crippen LogP contribution in [0.3, 0.4) is 0 Å². The standard InChI is InChI=1S/C16H16ClNO3/c1-10-3-5-13(17)8-14(10)18-9-12(4-6-16(20)21)15(19)7-11(18)2/h3,5,7-9H,4,6H2,1-2H3,(H,20,21). The maximum Gasteiger partial charge on any atom is 0.303 e. The van der Waals surface area contributed by atoms with Gasteiger partial charge in [0.25, 0.3) is 0 Å². The van der Waals surface area contributed by atoms with Crippen molar-refractivity contribution >= 4 is 17.6 Å². The molecule has 0 amide bonds. The Labute approximate surface area is 127 Å². The number of pyridine rings is 1. The normalized spacial score (nSPS) is 10.6. The molecule has 0 unspecified atom stereocenters. The Bertz CT molecular complexity index is 750. The molecular weight excluding hydrogens is 290 g/mol. The zero-order chi connectivity index (χ0) is 15.6. The van der Waals surface area contributed by atoms with Crippen molar-refractivity contribution in [2.75, 3.05) is 0 Å². The van der Waals surface area contributed by atoms with Crippen LogP contribution in [-0.2, 0) is 11.2 Å². The zero-order valence-corrected chi connectivity index (χ0v) is 12.6. The van der Waals surface area contributed by atoms with Crippen molar-refractivity contribution in [3.8, 4) is 5.69 Å². The summed E-state index contributed by atoms with van der Waals surface area (Å²) in [5.74, 6) is -0.916. The Hall–Kier alpha value is -2.07. The van der Waals surface area contributed by atoms with Crippen molar-refractivity contribution in [1.82, 2.24) is 4.57 Å². The number of carboxylic acids is 1. The third-order valence-electron chi connectivity index (χ3n) is 3.36. The van der Waals surface area contributed by atoms with Crippen LogP contribution in [0.5, 0.6) is 0 Å². The number of carbonyl (C=O) groups is 1. The van der Waals surface area contributed by atoms with E-state index in [-0.39, 0.29) is 18.3 Å². The molecule has 0 atom stereocenters. The summed E-state index contributed by atoms with van der Waals surface area (Å²) < 4.78 is 1.87. The number of hydrogen-bond acceptors (Lipinski definition) is 2. The van der Waals surface area contributed by atoms with Crippen LogP contribution < -0.4 is 5.43 Å². The van der Waals surface area contributed by atoms with Gasteiger partial charge in [0.1, 0.15) is 0 Å². The number of hydrogen-bond donors (Lipinski definition) is 1. The summed E-state index contributed by atoms with van der Waals surface area (Å²) in [5, 5.41) is 9.37. The van der Waals surface area contributed by atoms with Crippen LogP contribution in [-0.4, -0.2) is 15.6 Å². The van der Waals surface area contributed by atoms with Crippen LogP contribution in [0.4, 0.5) is 0 Å². The molecule has 0 aliphatic heterocycles. The smallest absolute Gasteiger partial charge is 0.303 e. The molecule has 1 aromatic heterocycles. The van der Waals surface area contributed by atoms with Crippen molar-refractivity contribution in [1.29, 1.82) is 0 Å². The molecule has 5 heteroatoms. The fourth-order valence-corrected chi connectivity index (χ4v) is 2.37. The molecule has 0 saturated heterocycles. The summed E-state index contributed by atoms with van der Waals surface area (Å²) in [6.45, 7) is 3.79. The van der Waals surface area contributed by atoms with Gasteiger partial charge in [0, 0.05) is 40.7 Å². The second-order valence-electron chi connectivity index (χ2n) is 5.00. The van der Waals surface area contributed by atoms with Crippen LogP contribution in [0.2, 0.25) is 5.02 Å². The van der Waals surface area contributed by atoms with E-state index in [4.69, 9.17) is 16.7 Å². The molecule has 110 valence electrons. The predicted octanol–water partition coefficient (Wildman–Crippen LogP) is 3.12. The first-order chi connectivity index (χ1) is 9.88. The Morgan fingerprint density at radius 2 is 2.00 bits per heavy atom.